The number of rotatable bonds is 4. The average Bonchev–Trinajstić information content (AvgIpc) is 2.31. The first kappa shape index (κ1) is 15.6. The molecule has 1 amide bonds. The Kier molecular flexibility index (Phi) is 5.00. The molecule has 0 aliphatic heterocycles. The van der Waals surface area contributed by atoms with Gasteiger partial charge in [0.15, 0.2) is 11.6 Å². The number of nitrogens with one attached hydrogen (secondary N) is 1. The number of halogens is 2. The second-order valence-corrected chi connectivity index (χ2v) is 5.40. The Morgan fingerprint density at radius 3 is 2.53 bits per heavy atom. The van der Waals surface area contributed by atoms with Gasteiger partial charge in [0, 0.05) is 13.7 Å². The molecule has 5 heteroatoms. The van der Waals surface area contributed by atoms with E-state index in [0.29, 0.717) is 0 Å². The lowest BCUT2D eigenvalue weighted by atomic mass is 9.89. The minimum atomic E-state index is -1.13. The molecule has 0 saturated carbocycles. The van der Waals surface area contributed by atoms with E-state index in [1.807, 2.05) is 20.8 Å². The number of hydrogen-bond acceptors (Lipinski definition) is 2. The van der Waals surface area contributed by atoms with Crippen molar-refractivity contribution in [1.29, 1.82) is 0 Å². The van der Waals surface area contributed by atoms with Crippen LogP contribution in [0.15, 0.2) is 18.2 Å². The van der Waals surface area contributed by atoms with Crippen LogP contribution in [0.2, 0.25) is 0 Å². The summed E-state index contributed by atoms with van der Waals surface area (Å²) in [5.74, 6) is -2.82. The van der Waals surface area contributed by atoms with E-state index in [1.54, 1.807) is 7.11 Å². The van der Waals surface area contributed by atoms with Gasteiger partial charge in [-0.15, -0.1) is 0 Å². The van der Waals surface area contributed by atoms with Crippen LogP contribution in [0.25, 0.3) is 0 Å². The Bertz CT molecular complexity index is 455. The standard InChI is InChI=1S/C14H19F2NO2/c1-14(2,3)11(19-4)8-17-13(18)9-6-5-7-10(15)12(9)16/h5-7,11H,8H2,1-4H3,(H,17,18)/t11-/m0/s1. The fourth-order valence-corrected chi connectivity index (χ4v) is 1.70. The van der Waals surface area contributed by atoms with Crippen molar-refractivity contribution in [2.75, 3.05) is 13.7 Å². The van der Waals surface area contributed by atoms with E-state index in [2.05, 4.69) is 5.32 Å². The van der Waals surface area contributed by atoms with Crippen molar-refractivity contribution in [2.24, 2.45) is 5.41 Å². The Labute approximate surface area is 112 Å². The number of carbonyl (C=O) groups is 1. The van der Waals surface area contributed by atoms with Crippen molar-refractivity contribution in [3.63, 3.8) is 0 Å². The zero-order valence-corrected chi connectivity index (χ0v) is 11.6. The maximum Gasteiger partial charge on any atom is 0.254 e. The quantitative estimate of drug-likeness (QED) is 0.914. The van der Waals surface area contributed by atoms with Gasteiger partial charge in [0.25, 0.3) is 5.91 Å². The molecule has 0 radical (unpaired) electrons. The number of amides is 1. The summed E-state index contributed by atoms with van der Waals surface area (Å²) in [6.45, 7) is 6.14. The molecule has 0 spiro atoms. The summed E-state index contributed by atoms with van der Waals surface area (Å²) in [5.41, 5.74) is -0.466. The van der Waals surface area contributed by atoms with Gasteiger partial charge in [-0.2, -0.15) is 0 Å². The second-order valence-electron chi connectivity index (χ2n) is 5.40. The summed E-state index contributed by atoms with van der Waals surface area (Å²) in [5, 5.41) is 2.55. The smallest absolute Gasteiger partial charge is 0.254 e. The number of hydrogen-bond donors (Lipinski definition) is 1. The van der Waals surface area contributed by atoms with E-state index in [1.165, 1.54) is 12.1 Å². The zero-order chi connectivity index (χ0) is 14.6. The van der Waals surface area contributed by atoms with Gasteiger partial charge in [-0.05, 0) is 17.5 Å². The van der Waals surface area contributed by atoms with E-state index in [0.717, 1.165) is 6.07 Å². The molecule has 0 bridgehead atoms. The summed E-state index contributed by atoms with van der Waals surface area (Å²) in [6, 6.07) is 3.51. The maximum atomic E-state index is 13.4. The topological polar surface area (TPSA) is 38.3 Å². The molecule has 1 atom stereocenters. The Balaban J connectivity index is 2.73. The van der Waals surface area contributed by atoms with Crippen LogP contribution in [0.5, 0.6) is 0 Å². The molecule has 1 N–H and O–H groups in total. The van der Waals surface area contributed by atoms with Crippen LogP contribution >= 0.6 is 0 Å². The first-order valence-corrected chi connectivity index (χ1v) is 6.02. The molecule has 1 aromatic rings. The molecule has 106 valence electrons. The van der Waals surface area contributed by atoms with Gasteiger partial charge in [-0.25, -0.2) is 8.78 Å². The highest BCUT2D eigenvalue weighted by atomic mass is 19.2. The van der Waals surface area contributed by atoms with E-state index < -0.39 is 17.5 Å². The van der Waals surface area contributed by atoms with Gasteiger partial charge in [0.1, 0.15) is 0 Å². The Hall–Kier alpha value is -1.49. The lowest BCUT2D eigenvalue weighted by Crippen LogP contribution is -2.40. The van der Waals surface area contributed by atoms with E-state index in [4.69, 9.17) is 4.74 Å². The van der Waals surface area contributed by atoms with Gasteiger partial charge < -0.3 is 10.1 Å². The highest BCUT2D eigenvalue weighted by Gasteiger charge is 2.25. The predicted molar refractivity (Wildman–Crippen MR) is 68.9 cm³/mol. The third-order valence-electron chi connectivity index (χ3n) is 2.89. The third-order valence-corrected chi connectivity index (χ3v) is 2.89. The van der Waals surface area contributed by atoms with Crippen molar-refractivity contribution in [2.45, 2.75) is 26.9 Å². The minimum absolute atomic E-state index is 0.164. The summed E-state index contributed by atoms with van der Waals surface area (Å²) in [7, 11) is 1.55. The number of benzene rings is 1. The molecule has 1 aromatic carbocycles. The van der Waals surface area contributed by atoms with Crippen LogP contribution in [0.4, 0.5) is 8.78 Å². The molecule has 1 rings (SSSR count). The van der Waals surface area contributed by atoms with Crippen LogP contribution in [0.3, 0.4) is 0 Å². The molecule has 3 nitrogen and oxygen atoms in total. The van der Waals surface area contributed by atoms with Crippen molar-refractivity contribution >= 4 is 5.91 Å². The van der Waals surface area contributed by atoms with Crippen LogP contribution in [-0.4, -0.2) is 25.7 Å². The van der Waals surface area contributed by atoms with Crippen molar-refractivity contribution in [3.8, 4) is 0 Å². The molecule has 0 aromatic heterocycles. The normalized spacial score (nSPS) is 13.2. The number of methoxy groups -OCH3 is 1. The van der Waals surface area contributed by atoms with Crippen molar-refractivity contribution in [3.05, 3.63) is 35.4 Å². The molecule has 0 saturated heterocycles. The highest BCUT2D eigenvalue weighted by Crippen LogP contribution is 2.21. The van der Waals surface area contributed by atoms with E-state index in [9.17, 15) is 13.6 Å². The Morgan fingerprint density at radius 1 is 1.37 bits per heavy atom. The lowest BCUT2D eigenvalue weighted by molar-refractivity contribution is 0.0175. The molecular formula is C14H19F2NO2. The largest absolute Gasteiger partial charge is 0.379 e. The van der Waals surface area contributed by atoms with Crippen molar-refractivity contribution in [1.82, 2.24) is 5.32 Å². The van der Waals surface area contributed by atoms with Crippen LogP contribution < -0.4 is 5.32 Å². The fraction of sp³-hybridized carbons (Fsp3) is 0.500. The van der Waals surface area contributed by atoms with E-state index in [-0.39, 0.29) is 23.6 Å². The van der Waals surface area contributed by atoms with Crippen LogP contribution in [-0.2, 0) is 4.74 Å². The number of ether oxygens (including phenoxy) is 1. The highest BCUT2D eigenvalue weighted by molar-refractivity contribution is 5.94. The molecule has 0 heterocycles. The molecule has 0 aliphatic rings. The fourth-order valence-electron chi connectivity index (χ4n) is 1.70. The SMILES string of the molecule is CO[C@@H](CNC(=O)c1cccc(F)c1F)C(C)(C)C. The zero-order valence-electron chi connectivity index (χ0n) is 11.6. The first-order valence-electron chi connectivity index (χ1n) is 6.02. The molecule has 0 unspecified atom stereocenters. The van der Waals surface area contributed by atoms with Gasteiger partial charge in [-0.3, -0.25) is 4.79 Å². The molecular weight excluding hydrogens is 252 g/mol. The Morgan fingerprint density at radius 2 is 2.00 bits per heavy atom. The van der Waals surface area contributed by atoms with Crippen LogP contribution in [0, 0.1) is 17.0 Å². The molecule has 0 fully saturated rings. The predicted octanol–water partition coefficient (Wildman–Crippen LogP) is 2.76. The van der Waals surface area contributed by atoms with Gasteiger partial charge in [0.2, 0.25) is 0 Å². The maximum absolute atomic E-state index is 13.4. The summed E-state index contributed by atoms with van der Waals surface area (Å²) < 4.78 is 31.7. The summed E-state index contributed by atoms with van der Waals surface area (Å²) in [6.07, 6.45) is -0.215. The van der Waals surface area contributed by atoms with E-state index >= 15 is 0 Å². The summed E-state index contributed by atoms with van der Waals surface area (Å²) >= 11 is 0. The van der Waals surface area contributed by atoms with Gasteiger partial charge in [-0.1, -0.05) is 26.8 Å². The summed E-state index contributed by atoms with van der Waals surface area (Å²) in [4.78, 5) is 11.8. The van der Waals surface area contributed by atoms with Crippen LogP contribution in [0.1, 0.15) is 31.1 Å². The molecule has 0 aliphatic carbocycles. The average molecular weight is 271 g/mol. The second kappa shape index (κ2) is 6.10. The minimum Gasteiger partial charge on any atom is -0.379 e. The number of carbonyl (C=O) groups excluding carboxylic acids is 1. The lowest BCUT2D eigenvalue weighted by Gasteiger charge is -2.29. The third kappa shape index (κ3) is 3.99. The monoisotopic (exact) mass is 271 g/mol. The van der Waals surface area contributed by atoms with Crippen molar-refractivity contribution < 1.29 is 18.3 Å². The first-order chi connectivity index (χ1) is 8.77. The van der Waals surface area contributed by atoms with Gasteiger partial charge in [0.05, 0.1) is 11.7 Å². The van der Waals surface area contributed by atoms with Gasteiger partial charge >= 0.3 is 0 Å². The molecule has 19 heavy (non-hydrogen) atoms.